The van der Waals surface area contributed by atoms with E-state index in [-0.39, 0.29) is 30.8 Å². The summed E-state index contributed by atoms with van der Waals surface area (Å²) in [5.41, 5.74) is 8.16. The molecular weight excluding hydrogens is 701 g/mol. The van der Waals surface area contributed by atoms with E-state index in [0.717, 1.165) is 30.3 Å². The second-order valence-corrected chi connectivity index (χ2v) is 14.0. The topological polar surface area (TPSA) is 198 Å². The molecule has 2 aliphatic rings. The van der Waals surface area contributed by atoms with E-state index in [1.807, 2.05) is 18.2 Å². The minimum Gasteiger partial charge on any atom is -0.542 e. The Balaban J connectivity index is 0.000000755. The molecular formula is C33H37F3N4O10S. The van der Waals surface area contributed by atoms with E-state index in [2.05, 4.69) is 12.4 Å². The number of fused-ring (bicyclic) bond motifs is 1. The molecule has 14 nitrogen and oxygen atoms in total. The van der Waals surface area contributed by atoms with Crippen LogP contribution in [0.25, 0.3) is 0 Å². The van der Waals surface area contributed by atoms with Crippen LogP contribution in [0.15, 0.2) is 66.7 Å². The summed E-state index contributed by atoms with van der Waals surface area (Å²) in [7, 11) is -1.58. The van der Waals surface area contributed by atoms with Crippen LogP contribution in [-0.2, 0) is 32.7 Å². The lowest BCUT2D eigenvalue weighted by atomic mass is 9.96. The number of phenols is 1. The minimum atomic E-state index is -5.19. The van der Waals surface area contributed by atoms with Gasteiger partial charge >= 0.3 is 22.3 Å². The van der Waals surface area contributed by atoms with Crippen LogP contribution in [0, 0.1) is 0 Å². The van der Waals surface area contributed by atoms with E-state index < -0.39 is 40.2 Å². The lowest BCUT2D eigenvalue weighted by Crippen LogP contribution is -2.62. The van der Waals surface area contributed by atoms with Gasteiger partial charge in [-0.25, -0.2) is 4.79 Å². The van der Waals surface area contributed by atoms with Crippen molar-refractivity contribution in [3.63, 3.8) is 0 Å². The number of anilines is 1. The summed E-state index contributed by atoms with van der Waals surface area (Å²) < 4.78 is 71.1. The Bertz CT molecular complexity index is 1830. The number of likely N-dealkylation sites (tertiary alicyclic amines) is 1. The summed E-state index contributed by atoms with van der Waals surface area (Å²) in [6, 6.07) is 16.4. The van der Waals surface area contributed by atoms with Gasteiger partial charge in [0.2, 0.25) is 12.7 Å². The number of quaternary nitrogens is 1. The summed E-state index contributed by atoms with van der Waals surface area (Å²) in [5.74, 6) is -2.04. The number of amides is 3. The number of alkyl halides is 3. The van der Waals surface area contributed by atoms with Crippen molar-refractivity contribution < 1.29 is 64.3 Å². The number of primary amides is 1. The first-order valence-electron chi connectivity index (χ1n) is 15.5. The minimum absolute atomic E-state index is 0.0890. The monoisotopic (exact) mass is 738 g/mol. The van der Waals surface area contributed by atoms with Crippen LogP contribution in [0.4, 0.5) is 23.7 Å². The van der Waals surface area contributed by atoms with Gasteiger partial charge in [0.25, 0.3) is 0 Å². The number of piperidine rings is 1. The van der Waals surface area contributed by atoms with Gasteiger partial charge < -0.3 is 49.1 Å². The van der Waals surface area contributed by atoms with Crippen LogP contribution in [-0.4, -0.2) is 92.3 Å². The summed E-state index contributed by atoms with van der Waals surface area (Å²) >= 11 is 0. The van der Waals surface area contributed by atoms with Gasteiger partial charge in [-0.1, -0.05) is 12.1 Å². The number of likely N-dealkylation sites (N-methyl/N-ethyl adjacent to an activating group) is 1. The van der Waals surface area contributed by atoms with Crippen molar-refractivity contribution in [3.05, 3.63) is 77.9 Å². The molecule has 5 rings (SSSR count). The molecule has 3 amide bonds. The Kier molecular flexibility index (Phi) is 11.9. The van der Waals surface area contributed by atoms with E-state index in [1.54, 1.807) is 17.0 Å². The molecule has 3 aromatic carbocycles. The Labute approximate surface area is 291 Å². The maximum atomic E-state index is 14.0. The standard InChI is InChI=1S/C31H36N4O8S.C2HF3O2/c1-35(18-22-7-14-28-29(17-22)42-20-41-28)15-3-4-24(19-35)34(27(30(32)37)16-21-5-10-25(36)11-6-21)31(38)33-23-8-12-26(13-9-23)43-44(2,39)40;3-2(4,5)1(6)7/h5-14,17,24,27H,3-4,15-16,18-20H2,1-2H3,(H3-,32,33,36,37,38);(H,6,7)/t24-,27-,35?;/m0./s1. The van der Waals surface area contributed by atoms with Gasteiger partial charge in [0.15, 0.2) is 11.5 Å². The number of carbonyl (C=O) groups is 3. The van der Waals surface area contributed by atoms with Crippen molar-refractivity contribution in [2.24, 2.45) is 5.73 Å². The Morgan fingerprint density at radius 2 is 1.67 bits per heavy atom. The number of nitrogens with zero attached hydrogens (tertiary/aromatic N) is 2. The fraction of sp³-hybridized carbons (Fsp3) is 0.364. The summed E-state index contributed by atoms with van der Waals surface area (Å²) in [6.45, 7) is 2.33. The first-order chi connectivity index (χ1) is 23.8. The third-order valence-corrected chi connectivity index (χ3v) is 8.63. The zero-order chi connectivity index (χ0) is 37.6. The molecule has 51 heavy (non-hydrogen) atoms. The third-order valence-electron chi connectivity index (χ3n) is 8.13. The van der Waals surface area contributed by atoms with Gasteiger partial charge in [-0.3, -0.25) is 4.79 Å². The van der Waals surface area contributed by atoms with E-state index >= 15 is 0 Å². The summed E-state index contributed by atoms with van der Waals surface area (Å²) in [4.78, 5) is 37.3. The van der Waals surface area contributed by atoms with E-state index in [1.165, 1.54) is 36.4 Å². The molecule has 4 N–H and O–H groups in total. The van der Waals surface area contributed by atoms with Gasteiger partial charge in [-0.15, -0.1) is 0 Å². The fourth-order valence-corrected chi connectivity index (χ4v) is 6.42. The molecule has 0 saturated carbocycles. The van der Waals surface area contributed by atoms with Gasteiger partial charge in [0.1, 0.15) is 30.1 Å². The number of hydrogen-bond acceptors (Lipinski definition) is 10. The number of urea groups is 1. The molecule has 1 fully saturated rings. The highest BCUT2D eigenvalue weighted by atomic mass is 32.2. The van der Waals surface area contributed by atoms with Crippen molar-refractivity contribution in [2.75, 3.05) is 38.5 Å². The maximum absolute atomic E-state index is 14.0. The Hall–Kier alpha value is -5.23. The van der Waals surface area contributed by atoms with Crippen LogP contribution in [0.3, 0.4) is 0 Å². The number of nitrogens with two attached hydrogens (primary N) is 1. The largest absolute Gasteiger partial charge is 0.542 e. The SMILES string of the molecule is C[N+]1(Cc2ccc3c(c2)OCO3)CCC[C@H](N(C(=O)Nc2ccc(OS(C)(=O)=O)cc2)[C@@H](Cc2ccc(O)cc2)C(N)=O)C1.O=C([O-])C(F)(F)F. The highest BCUT2D eigenvalue weighted by Crippen LogP contribution is 2.34. The number of aromatic hydroxyl groups is 1. The maximum Gasteiger partial charge on any atom is 0.430 e. The van der Waals surface area contributed by atoms with Gasteiger partial charge in [0.05, 0.1) is 32.4 Å². The number of halogens is 3. The smallest absolute Gasteiger partial charge is 0.430 e. The zero-order valence-electron chi connectivity index (χ0n) is 27.6. The quantitative estimate of drug-likeness (QED) is 0.205. The molecule has 0 bridgehead atoms. The summed E-state index contributed by atoms with van der Waals surface area (Å²) in [5, 5.41) is 21.4. The highest BCUT2D eigenvalue weighted by molar-refractivity contribution is 7.86. The van der Waals surface area contributed by atoms with Crippen molar-refractivity contribution >= 4 is 33.7 Å². The van der Waals surface area contributed by atoms with Crippen molar-refractivity contribution in [1.29, 1.82) is 0 Å². The molecule has 2 heterocycles. The number of benzene rings is 3. The molecule has 18 heteroatoms. The molecule has 2 aliphatic heterocycles. The van der Waals surface area contributed by atoms with E-state index in [9.17, 15) is 36.3 Å². The zero-order valence-corrected chi connectivity index (χ0v) is 28.4. The molecule has 0 spiro atoms. The lowest BCUT2D eigenvalue weighted by Gasteiger charge is -2.46. The van der Waals surface area contributed by atoms with Crippen LogP contribution >= 0.6 is 0 Å². The number of aliphatic carboxylic acids is 1. The first-order valence-corrected chi connectivity index (χ1v) is 17.3. The lowest BCUT2D eigenvalue weighted by molar-refractivity contribution is -0.928. The number of carboxylic acid groups (broad SMARTS) is 1. The van der Waals surface area contributed by atoms with Gasteiger partial charge in [-0.05, 0) is 73.0 Å². The van der Waals surface area contributed by atoms with Crippen LogP contribution < -0.4 is 29.8 Å². The fourth-order valence-electron chi connectivity index (χ4n) is 5.96. The number of carbonyl (C=O) groups excluding carboxylic acids is 3. The van der Waals surface area contributed by atoms with Crippen LogP contribution in [0.5, 0.6) is 23.0 Å². The predicted octanol–water partition coefficient (Wildman–Crippen LogP) is 2.50. The van der Waals surface area contributed by atoms with Gasteiger partial charge in [-0.2, -0.15) is 21.6 Å². The second kappa shape index (κ2) is 15.8. The van der Waals surface area contributed by atoms with Crippen LogP contribution in [0.1, 0.15) is 24.0 Å². The van der Waals surface area contributed by atoms with Crippen molar-refractivity contribution in [1.82, 2.24) is 4.90 Å². The predicted molar refractivity (Wildman–Crippen MR) is 174 cm³/mol. The Morgan fingerprint density at radius 1 is 1.06 bits per heavy atom. The molecule has 1 unspecified atom stereocenters. The molecule has 276 valence electrons. The summed E-state index contributed by atoms with van der Waals surface area (Å²) in [6.07, 6.45) is -2.60. The third kappa shape index (κ3) is 11.1. The molecule has 1 saturated heterocycles. The number of hydrogen-bond donors (Lipinski definition) is 3. The Morgan fingerprint density at radius 3 is 2.25 bits per heavy atom. The number of ether oxygens (including phenoxy) is 2. The van der Waals surface area contributed by atoms with Crippen molar-refractivity contribution in [2.45, 2.75) is 44.1 Å². The number of phenolic OH excluding ortho intramolecular Hbond substituents is 1. The average Bonchev–Trinajstić information content (AvgIpc) is 3.50. The van der Waals surface area contributed by atoms with E-state index in [4.69, 9.17) is 29.3 Å². The molecule has 0 aliphatic carbocycles. The van der Waals surface area contributed by atoms with Crippen molar-refractivity contribution in [3.8, 4) is 23.0 Å². The first kappa shape index (κ1) is 38.6. The second-order valence-electron chi connectivity index (χ2n) is 12.4. The number of carboxylic acids is 1. The molecule has 3 atom stereocenters. The normalized spacial score (nSPS) is 18.8. The number of nitrogens with one attached hydrogen (secondary N) is 1. The van der Waals surface area contributed by atoms with Gasteiger partial charge in [0, 0.05) is 17.7 Å². The molecule has 3 aromatic rings. The molecule has 0 aromatic heterocycles. The molecule has 0 radical (unpaired) electrons. The average molecular weight is 739 g/mol. The van der Waals surface area contributed by atoms with E-state index in [0.29, 0.717) is 41.2 Å². The number of rotatable bonds is 10. The highest BCUT2D eigenvalue weighted by Gasteiger charge is 2.41. The van der Waals surface area contributed by atoms with Crippen LogP contribution in [0.2, 0.25) is 0 Å².